The third-order valence-electron chi connectivity index (χ3n) is 4.67. The highest BCUT2D eigenvalue weighted by Gasteiger charge is 2.31. The average molecular weight is 361 g/mol. The molecule has 1 aromatic carbocycles. The van der Waals surface area contributed by atoms with Crippen LogP contribution in [0, 0.1) is 13.8 Å². The van der Waals surface area contributed by atoms with Gasteiger partial charge in [-0.05, 0) is 49.4 Å². The zero-order valence-electron chi connectivity index (χ0n) is 15.0. The third kappa shape index (κ3) is 3.69. The normalized spacial score (nSPS) is 14.1. The summed E-state index contributed by atoms with van der Waals surface area (Å²) in [6.07, 6.45) is -1.42. The molecule has 3 rings (SSSR count). The van der Waals surface area contributed by atoms with Gasteiger partial charge in [0.1, 0.15) is 5.82 Å². The maximum absolute atomic E-state index is 12.8. The van der Waals surface area contributed by atoms with Crippen LogP contribution in [0.15, 0.2) is 42.7 Å². The Hall–Kier alpha value is -2.50. The number of fused-ring (bicyclic) bond motifs is 1. The molecule has 6 heteroatoms. The SMILES string of the molecule is C=C(CNc1ncc(C(F)(F)F)cc1C)N1CCCc2cccc(C)c21. The quantitative estimate of drug-likeness (QED) is 0.822. The van der Waals surface area contributed by atoms with E-state index in [-0.39, 0.29) is 0 Å². The van der Waals surface area contributed by atoms with Gasteiger partial charge < -0.3 is 10.2 Å². The fraction of sp³-hybridized carbons (Fsp3) is 0.350. The van der Waals surface area contributed by atoms with E-state index in [4.69, 9.17) is 0 Å². The second-order valence-corrected chi connectivity index (χ2v) is 6.64. The number of nitrogens with one attached hydrogen (secondary N) is 1. The highest BCUT2D eigenvalue weighted by molar-refractivity contribution is 5.64. The fourth-order valence-corrected chi connectivity index (χ4v) is 3.36. The van der Waals surface area contributed by atoms with Crippen molar-refractivity contribution in [2.24, 2.45) is 0 Å². The number of pyridine rings is 1. The first-order chi connectivity index (χ1) is 12.3. The minimum Gasteiger partial charge on any atom is -0.364 e. The van der Waals surface area contributed by atoms with Gasteiger partial charge in [0.15, 0.2) is 0 Å². The summed E-state index contributed by atoms with van der Waals surface area (Å²) in [5.74, 6) is 0.446. The number of hydrogen-bond donors (Lipinski definition) is 1. The molecule has 0 radical (unpaired) electrons. The van der Waals surface area contributed by atoms with Crippen molar-refractivity contribution in [3.8, 4) is 0 Å². The summed E-state index contributed by atoms with van der Waals surface area (Å²) in [7, 11) is 0. The van der Waals surface area contributed by atoms with Crippen LogP contribution in [0.3, 0.4) is 0 Å². The Morgan fingerprint density at radius 1 is 1.27 bits per heavy atom. The number of rotatable bonds is 4. The average Bonchev–Trinajstić information content (AvgIpc) is 2.59. The number of anilines is 2. The van der Waals surface area contributed by atoms with Crippen LogP contribution in [0.25, 0.3) is 0 Å². The first-order valence-electron chi connectivity index (χ1n) is 8.59. The standard InChI is InChI=1S/C20H22F3N3/c1-13-6-4-7-16-8-5-9-26(18(13)16)15(3)11-24-19-14(2)10-17(12-25-19)20(21,22)23/h4,6-7,10,12H,3,5,8-9,11H2,1-2H3,(H,24,25). The summed E-state index contributed by atoms with van der Waals surface area (Å²) >= 11 is 0. The second-order valence-electron chi connectivity index (χ2n) is 6.64. The minimum absolute atomic E-state index is 0.424. The van der Waals surface area contributed by atoms with E-state index in [0.29, 0.717) is 17.9 Å². The Kier molecular flexibility index (Phi) is 4.94. The van der Waals surface area contributed by atoms with Gasteiger partial charge in [-0.15, -0.1) is 0 Å². The summed E-state index contributed by atoms with van der Waals surface area (Å²) in [6.45, 7) is 9.19. The van der Waals surface area contributed by atoms with Crippen LogP contribution in [0.4, 0.5) is 24.7 Å². The summed E-state index contributed by atoms with van der Waals surface area (Å²) < 4.78 is 38.3. The van der Waals surface area contributed by atoms with Crippen molar-refractivity contribution in [3.63, 3.8) is 0 Å². The van der Waals surface area contributed by atoms with E-state index in [2.05, 4.69) is 46.9 Å². The van der Waals surface area contributed by atoms with Gasteiger partial charge in [-0.25, -0.2) is 4.98 Å². The van der Waals surface area contributed by atoms with Crippen molar-refractivity contribution in [2.45, 2.75) is 32.9 Å². The Morgan fingerprint density at radius 2 is 2.04 bits per heavy atom. The van der Waals surface area contributed by atoms with Gasteiger partial charge in [-0.3, -0.25) is 0 Å². The topological polar surface area (TPSA) is 28.2 Å². The van der Waals surface area contributed by atoms with E-state index >= 15 is 0 Å². The molecular formula is C20H22F3N3. The number of alkyl halides is 3. The van der Waals surface area contributed by atoms with E-state index < -0.39 is 11.7 Å². The molecule has 0 aliphatic carbocycles. The molecule has 1 aliphatic heterocycles. The number of aromatic nitrogens is 1. The van der Waals surface area contributed by atoms with Crippen LogP contribution >= 0.6 is 0 Å². The molecule has 1 aliphatic rings. The van der Waals surface area contributed by atoms with E-state index in [9.17, 15) is 13.2 Å². The van der Waals surface area contributed by atoms with Crippen molar-refractivity contribution >= 4 is 11.5 Å². The molecule has 1 N–H and O–H groups in total. The monoisotopic (exact) mass is 361 g/mol. The molecule has 138 valence electrons. The van der Waals surface area contributed by atoms with Gasteiger partial charge in [0.2, 0.25) is 0 Å². The maximum Gasteiger partial charge on any atom is 0.417 e. The van der Waals surface area contributed by atoms with E-state index in [0.717, 1.165) is 37.3 Å². The first-order valence-corrected chi connectivity index (χ1v) is 8.59. The zero-order chi connectivity index (χ0) is 18.9. The van der Waals surface area contributed by atoms with Crippen molar-refractivity contribution < 1.29 is 13.2 Å². The van der Waals surface area contributed by atoms with Crippen LogP contribution in [-0.4, -0.2) is 18.1 Å². The van der Waals surface area contributed by atoms with Crippen molar-refractivity contribution in [2.75, 3.05) is 23.3 Å². The molecule has 0 atom stereocenters. The Morgan fingerprint density at radius 3 is 2.73 bits per heavy atom. The molecule has 0 spiro atoms. The van der Waals surface area contributed by atoms with Crippen molar-refractivity contribution in [1.29, 1.82) is 0 Å². The molecule has 0 saturated carbocycles. The molecule has 0 bridgehead atoms. The third-order valence-corrected chi connectivity index (χ3v) is 4.67. The summed E-state index contributed by atoms with van der Waals surface area (Å²) in [6, 6.07) is 7.39. The van der Waals surface area contributed by atoms with Crippen molar-refractivity contribution in [1.82, 2.24) is 4.98 Å². The van der Waals surface area contributed by atoms with Crippen molar-refractivity contribution in [3.05, 3.63) is 65.0 Å². The molecule has 26 heavy (non-hydrogen) atoms. The van der Waals surface area contributed by atoms with Gasteiger partial charge in [-0.2, -0.15) is 13.2 Å². The van der Waals surface area contributed by atoms with Crippen LogP contribution in [0.2, 0.25) is 0 Å². The highest BCUT2D eigenvalue weighted by Crippen LogP contribution is 2.33. The molecule has 2 aromatic rings. The number of nitrogens with zero attached hydrogens (tertiary/aromatic N) is 2. The predicted molar refractivity (Wildman–Crippen MR) is 98.5 cm³/mol. The molecule has 1 aromatic heterocycles. The molecule has 3 nitrogen and oxygen atoms in total. The van der Waals surface area contributed by atoms with E-state index in [1.807, 2.05) is 0 Å². The predicted octanol–water partition coefficient (Wildman–Crippen LogP) is 5.10. The van der Waals surface area contributed by atoms with Crippen LogP contribution < -0.4 is 10.2 Å². The summed E-state index contributed by atoms with van der Waals surface area (Å²) in [5, 5.41) is 3.12. The Bertz CT molecular complexity index is 828. The van der Waals surface area contributed by atoms with Gasteiger partial charge >= 0.3 is 6.18 Å². The zero-order valence-corrected chi connectivity index (χ0v) is 15.0. The number of hydrogen-bond acceptors (Lipinski definition) is 3. The van der Waals surface area contributed by atoms with Crippen LogP contribution in [0.5, 0.6) is 0 Å². The molecule has 2 heterocycles. The Labute approximate surface area is 151 Å². The largest absolute Gasteiger partial charge is 0.417 e. The lowest BCUT2D eigenvalue weighted by Gasteiger charge is -2.34. The molecule has 0 unspecified atom stereocenters. The Balaban J connectivity index is 1.73. The number of halogens is 3. The van der Waals surface area contributed by atoms with E-state index in [1.54, 1.807) is 6.92 Å². The van der Waals surface area contributed by atoms with Gasteiger partial charge in [-0.1, -0.05) is 24.8 Å². The number of benzene rings is 1. The second kappa shape index (κ2) is 7.02. The van der Waals surface area contributed by atoms with E-state index in [1.165, 1.54) is 16.8 Å². The molecule has 0 amide bonds. The lowest BCUT2D eigenvalue weighted by Crippen LogP contribution is -2.32. The highest BCUT2D eigenvalue weighted by atomic mass is 19.4. The maximum atomic E-state index is 12.8. The van der Waals surface area contributed by atoms with Gasteiger partial charge in [0.05, 0.1) is 12.1 Å². The summed E-state index contributed by atoms with van der Waals surface area (Å²) in [5.41, 5.74) is 4.31. The molecular weight excluding hydrogens is 339 g/mol. The number of aryl methyl sites for hydroxylation is 3. The minimum atomic E-state index is -4.38. The number of para-hydroxylation sites is 1. The fourth-order valence-electron chi connectivity index (χ4n) is 3.36. The molecule has 0 fully saturated rings. The lowest BCUT2D eigenvalue weighted by molar-refractivity contribution is -0.137. The molecule has 0 saturated heterocycles. The lowest BCUT2D eigenvalue weighted by atomic mass is 9.98. The van der Waals surface area contributed by atoms with Gasteiger partial charge in [0.25, 0.3) is 0 Å². The summed E-state index contributed by atoms with van der Waals surface area (Å²) in [4.78, 5) is 6.13. The van der Waals surface area contributed by atoms with Crippen LogP contribution in [0.1, 0.15) is 28.7 Å². The first kappa shape index (κ1) is 18.3. The smallest absolute Gasteiger partial charge is 0.364 e. The van der Waals surface area contributed by atoms with Crippen LogP contribution in [-0.2, 0) is 12.6 Å². The van der Waals surface area contributed by atoms with Gasteiger partial charge in [0, 0.05) is 24.1 Å².